The van der Waals surface area contributed by atoms with E-state index in [9.17, 15) is 13.2 Å². The molecule has 6 nitrogen and oxygen atoms in total. The Hall–Kier alpha value is -1.61. The molecule has 0 saturated carbocycles. The first-order valence-corrected chi connectivity index (χ1v) is 10.6. The van der Waals surface area contributed by atoms with Gasteiger partial charge in [-0.05, 0) is 42.8 Å². The number of likely N-dealkylation sites (N-methyl/N-ethyl adjacent to an activating group) is 1. The highest BCUT2D eigenvalue weighted by Gasteiger charge is 2.27. The molecule has 1 amide bonds. The number of carbonyl (C=O) groups excluding carboxylic acids is 1. The van der Waals surface area contributed by atoms with Crippen molar-refractivity contribution in [1.29, 1.82) is 0 Å². The first kappa shape index (κ1) is 21.7. The van der Waals surface area contributed by atoms with Crippen molar-refractivity contribution in [2.45, 2.75) is 17.9 Å². The number of carbonyl (C=O) groups is 1. The number of nitrogens with zero attached hydrogens (tertiary/aromatic N) is 1. The molecule has 0 saturated heterocycles. The van der Waals surface area contributed by atoms with Crippen LogP contribution in [0.1, 0.15) is 18.5 Å². The number of halogens is 2. The van der Waals surface area contributed by atoms with E-state index in [2.05, 4.69) is 21.2 Å². The second-order valence-electron chi connectivity index (χ2n) is 5.90. The van der Waals surface area contributed by atoms with E-state index in [-0.39, 0.29) is 28.3 Å². The summed E-state index contributed by atoms with van der Waals surface area (Å²) in [7, 11) is -1.25. The third kappa shape index (κ3) is 5.44. The molecule has 0 spiro atoms. The molecule has 9 heteroatoms. The van der Waals surface area contributed by atoms with Gasteiger partial charge in [-0.15, -0.1) is 0 Å². The lowest BCUT2D eigenvalue weighted by atomic mass is 10.1. The van der Waals surface area contributed by atoms with Gasteiger partial charge < -0.3 is 10.1 Å². The number of hydrogen-bond acceptors (Lipinski definition) is 4. The van der Waals surface area contributed by atoms with Crippen molar-refractivity contribution < 1.29 is 17.9 Å². The summed E-state index contributed by atoms with van der Waals surface area (Å²) < 4.78 is 32.6. The molecule has 1 atom stereocenters. The minimum Gasteiger partial charge on any atom is -0.495 e. The van der Waals surface area contributed by atoms with Gasteiger partial charge in [0.1, 0.15) is 10.6 Å². The maximum Gasteiger partial charge on any atom is 0.247 e. The van der Waals surface area contributed by atoms with Gasteiger partial charge in [0.25, 0.3) is 0 Å². The van der Waals surface area contributed by atoms with Crippen LogP contribution in [0.3, 0.4) is 0 Å². The Labute approximate surface area is 172 Å². The zero-order valence-electron chi connectivity index (χ0n) is 15.1. The lowest BCUT2D eigenvalue weighted by molar-refractivity contribution is -0.121. The maximum atomic E-state index is 12.8. The first-order valence-electron chi connectivity index (χ1n) is 8.00. The molecule has 0 aromatic heterocycles. The van der Waals surface area contributed by atoms with Crippen LogP contribution in [0.2, 0.25) is 5.02 Å². The third-order valence-electron chi connectivity index (χ3n) is 3.91. The predicted molar refractivity (Wildman–Crippen MR) is 109 cm³/mol. The van der Waals surface area contributed by atoms with Crippen LogP contribution in [-0.2, 0) is 14.8 Å². The molecule has 146 valence electrons. The normalized spacial score (nSPS) is 12.7. The summed E-state index contributed by atoms with van der Waals surface area (Å²) in [6.45, 7) is 1.49. The molecular formula is C18H20BrClN2O4S. The Kier molecular flexibility index (Phi) is 7.27. The number of nitrogens with one attached hydrogen (secondary N) is 1. The van der Waals surface area contributed by atoms with Crippen LogP contribution >= 0.6 is 27.5 Å². The summed E-state index contributed by atoms with van der Waals surface area (Å²) in [6, 6.07) is 11.6. The third-order valence-corrected chi connectivity index (χ3v) is 6.46. The van der Waals surface area contributed by atoms with Crippen molar-refractivity contribution in [1.82, 2.24) is 9.62 Å². The summed E-state index contributed by atoms with van der Waals surface area (Å²) in [5.41, 5.74) is 0.903. The number of hydrogen-bond donors (Lipinski definition) is 1. The fourth-order valence-corrected chi connectivity index (χ4v) is 4.41. The summed E-state index contributed by atoms with van der Waals surface area (Å²) in [5.74, 6) is -0.260. The van der Waals surface area contributed by atoms with Gasteiger partial charge in [-0.3, -0.25) is 4.79 Å². The van der Waals surface area contributed by atoms with Crippen LogP contribution in [0.25, 0.3) is 0 Å². The Balaban J connectivity index is 2.12. The smallest absolute Gasteiger partial charge is 0.247 e. The van der Waals surface area contributed by atoms with Crippen molar-refractivity contribution in [3.05, 3.63) is 57.5 Å². The molecule has 0 bridgehead atoms. The summed E-state index contributed by atoms with van der Waals surface area (Å²) >= 11 is 9.30. The monoisotopic (exact) mass is 474 g/mol. The number of sulfonamides is 1. The molecule has 2 aromatic carbocycles. The second kappa shape index (κ2) is 9.05. The molecule has 0 radical (unpaired) electrons. The van der Waals surface area contributed by atoms with Crippen LogP contribution in [0.4, 0.5) is 0 Å². The molecule has 0 aliphatic heterocycles. The number of rotatable bonds is 7. The van der Waals surface area contributed by atoms with E-state index < -0.39 is 15.9 Å². The molecule has 0 aliphatic carbocycles. The van der Waals surface area contributed by atoms with Gasteiger partial charge in [0.15, 0.2) is 0 Å². The fourth-order valence-electron chi connectivity index (χ4n) is 2.45. The molecule has 2 aromatic rings. The van der Waals surface area contributed by atoms with Crippen molar-refractivity contribution >= 4 is 43.5 Å². The molecule has 0 heterocycles. The largest absolute Gasteiger partial charge is 0.495 e. The van der Waals surface area contributed by atoms with Gasteiger partial charge in [-0.25, -0.2) is 8.42 Å². The van der Waals surface area contributed by atoms with E-state index in [1.54, 1.807) is 0 Å². The molecule has 2 rings (SSSR count). The summed E-state index contributed by atoms with van der Waals surface area (Å²) in [5, 5.41) is 3.05. The Bertz CT molecular complexity index is 937. The topological polar surface area (TPSA) is 75.7 Å². The molecule has 0 aliphatic rings. The highest BCUT2D eigenvalue weighted by atomic mass is 79.9. The van der Waals surface area contributed by atoms with E-state index in [0.29, 0.717) is 0 Å². The van der Waals surface area contributed by atoms with Crippen molar-refractivity contribution in [3.63, 3.8) is 0 Å². The zero-order valence-corrected chi connectivity index (χ0v) is 18.2. The number of ether oxygens (including phenoxy) is 1. The van der Waals surface area contributed by atoms with E-state index in [0.717, 1.165) is 14.3 Å². The van der Waals surface area contributed by atoms with Crippen LogP contribution in [0.5, 0.6) is 5.75 Å². The van der Waals surface area contributed by atoms with Crippen molar-refractivity contribution in [2.75, 3.05) is 20.7 Å². The minimum atomic E-state index is -3.95. The van der Waals surface area contributed by atoms with Crippen molar-refractivity contribution in [2.24, 2.45) is 0 Å². The van der Waals surface area contributed by atoms with Gasteiger partial charge in [-0.2, -0.15) is 4.31 Å². The first-order chi connectivity index (χ1) is 12.6. The molecule has 0 unspecified atom stereocenters. The standard InChI is InChI=1S/C18H20BrClN2O4S/c1-12(13-5-4-6-14(19)9-13)21-18(23)11-22(2)27(24,25)17-10-15(20)7-8-16(17)26-3/h4-10,12H,11H2,1-3H3,(H,21,23)/t12-/m0/s1. The van der Waals surface area contributed by atoms with E-state index in [4.69, 9.17) is 16.3 Å². The quantitative estimate of drug-likeness (QED) is 0.664. The molecule has 27 heavy (non-hydrogen) atoms. The maximum absolute atomic E-state index is 12.8. The van der Waals surface area contributed by atoms with Gasteiger partial charge in [0.05, 0.1) is 19.7 Å². The summed E-state index contributed by atoms with van der Waals surface area (Å²) in [6.07, 6.45) is 0. The van der Waals surface area contributed by atoms with E-state index >= 15 is 0 Å². The van der Waals surface area contributed by atoms with Gasteiger partial charge in [0, 0.05) is 16.5 Å². The van der Waals surface area contributed by atoms with Crippen LogP contribution in [-0.4, -0.2) is 39.3 Å². The average Bonchev–Trinajstić information content (AvgIpc) is 2.61. The van der Waals surface area contributed by atoms with E-state index in [1.807, 2.05) is 31.2 Å². The highest BCUT2D eigenvalue weighted by molar-refractivity contribution is 9.10. The van der Waals surface area contributed by atoms with Crippen LogP contribution in [0.15, 0.2) is 51.8 Å². The fraction of sp³-hybridized carbons (Fsp3) is 0.278. The predicted octanol–water partition coefficient (Wildman–Crippen LogP) is 3.61. The lowest BCUT2D eigenvalue weighted by Gasteiger charge is -2.20. The van der Waals surface area contributed by atoms with Crippen LogP contribution < -0.4 is 10.1 Å². The Morgan fingerprint density at radius 1 is 1.30 bits per heavy atom. The van der Waals surface area contributed by atoms with Gasteiger partial charge in [-0.1, -0.05) is 39.7 Å². The zero-order chi connectivity index (χ0) is 20.2. The molecule has 0 fully saturated rings. The van der Waals surface area contributed by atoms with E-state index in [1.165, 1.54) is 32.4 Å². The lowest BCUT2D eigenvalue weighted by Crippen LogP contribution is -2.39. The summed E-state index contributed by atoms with van der Waals surface area (Å²) in [4.78, 5) is 12.2. The molecular weight excluding hydrogens is 456 g/mol. The SMILES string of the molecule is COc1ccc(Cl)cc1S(=O)(=O)N(C)CC(=O)N[C@@H](C)c1cccc(Br)c1. The second-order valence-corrected chi connectivity index (χ2v) is 9.27. The van der Waals surface area contributed by atoms with Gasteiger partial charge >= 0.3 is 0 Å². The highest BCUT2D eigenvalue weighted by Crippen LogP contribution is 2.29. The number of methoxy groups -OCH3 is 1. The molecule has 1 N–H and O–H groups in total. The minimum absolute atomic E-state index is 0.0900. The number of amides is 1. The van der Waals surface area contributed by atoms with Gasteiger partial charge in [0.2, 0.25) is 15.9 Å². The number of benzene rings is 2. The Morgan fingerprint density at radius 2 is 2.00 bits per heavy atom. The van der Waals surface area contributed by atoms with Crippen molar-refractivity contribution in [3.8, 4) is 5.75 Å². The Morgan fingerprint density at radius 3 is 2.63 bits per heavy atom. The average molecular weight is 476 g/mol. The van der Waals surface area contributed by atoms with Crippen LogP contribution in [0, 0.1) is 0 Å².